The average Bonchev–Trinajstić information content (AvgIpc) is 2.37. The van der Waals surface area contributed by atoms with E-state index in [2.05, 4.69) is 36.5 Å². The zero-order chi connectivity index (χ0) is 12.1. The van der Waals surface area contributed by atoms with Crippen molar-refractivity contribution in [2.24, 2.45) is 0 Å². The van der Waals surface area contributed by atoms with Crippen LogP contribution in [0.1, 0.15) is 18.4 Å². The van der Waals surface area contributed by atoms with E-state index in [1.54, 1.807) is 0 Å². The number of anilines is 1. The number of benzene rings is 2. The molecule has 2 aromatic rings. The quantitative estimate of drug-likeness (QED) is 0.833. The van der Waals surface area contributed by atoms with Crippen molar-refractivity contribution in [1.82, 2.24) is 0 Å². The van der Waals surface area contributed by atoms with Crippen LogP contribution in [0.3, 0.4) is 0 Å². The molecule has 2 rings (SSSR count). The van der Waals surface area contributed by atoms with Crippen LogP contribution in [0.5, 0.6) is 0 Å². The number of nitrogens with one attached hydrogen (secondary N) is 1. The van der Waals surface area contributed by atoms with E-state index in [9.17, 15) is 0 Å². The van der Waals surface area contributed by atoms with Gasteiger partial charge in [-0.3, -0.25) is 0 Å². The lowest BCUT2D eigenvalue weighted by atomic mass is 10.0. The van der Waals surface area contributed by atoms with E-state index in [-0.39, 0.29) is 0 Å². The molecule has 0 fully saturated rings. The SMILES string of the molecule is CC(CNc1cccc(Cl)c1)c1ccccc1. The van der Waals surface area contributed by atoms with Crippen molar-refractivity contribution >= 4 is 17.3 Å². The van der Waals surface area contributed by atoms with Crippen LogP contribution in [0, 0.1) is 0 Å². The standard InChI is InChI=1S/C15H16ClN/c1-12(13-6-3-2-4-7-13)11-17-15-9-5-8-14(16)10-15/h2-10,12,17H,11H2,1H3. The lowest BCUT2D eigenvalue weighted by molar-refractivity contribution is 0.805. The first-order chi connectivity index (χ1) is 8.25. The van der Waals surface area contributed by atoms with Crippen molar-refractivity contribution in [3.8, 4) is 0 Å². The Labute approximate surface area is 107 Å². The van der Waals surface area contributed by atoms with Crippen LogP contribution in [0.25, 0.3) is 0 Å². The summed E-state index contributed by atoms with van der Waals surface area (Å²) in [5, 5.41) is 4.17. The highest BCUT2D eigenvalue weighted by Gasteiger charge is 2.04. The molecule has 0 saturated carbocycles. The summed E-state index contributed by atoms with van der Waals surface area (Å²) in [6.45, 7) is 3.12. The highest BCUT2D eigenvalue weighted by molar-refractivity contribution is 6.30. The molecule has 0 saturated heterocycles. The molecule has 0 heterocycles. The van der Waals surface area contributed by atoms with Crippen molar-refractivity contribution < 1.29 is 0 Å². The zero-order valence-electron chi connectivity index (χ0n) is 9.86. The summed E-state index contributed by atoms with van der Waals surface area (Å²) in [6.07, 6.45) is 0. The Balaban J connectivity index is 1.95. The molecule has 0 aliphatic rings. The fourth-order valence-electron chi connectivity index (χ4n) is 1.77. The summed E-state index contributed by atoms with van der Waals surface area (Å²) < 4.78 is 0. The normalized spacial score (nSPS) is 12.1. The van der Waals surface area contributed by atoms with Gasteiger partial charge in [-0.15, -0.1) is 0 Å². The predicted octanol–water partition coefficient (Wildman–Crippen LogP) is 4.56. The largest absolute Gasteiger partial charge is 0.384 e. The van der Waals surface area contributed by atoms with Gasteiger partial charge < -0.3 is 5.32 Å². The van der Waals surface area contributed by atoms with E-state index in [1.165, 1.54) is 5.56 Å². The third kappa shape index (κ3) is 3.50. The smallest absolute Gasteiger partial charge is 0.0426 e. The van der Waals surface area contributed by atoms with Crippen molar-refractivity contribution in [3.05, 3.63) is 65.2 Å². The molecule has 1 unspecified atom stereocenters. The number of rotatable bonds is 4. The Morgan fingerprint density at radius 1 is 1.06 bits per heavy atom. The average molecular weight is 246 g/mol. The first-order valence-electron chi connectivity index (χ1n) is 5.80. The van der Waals surface area contributed by atoms with Crippen LogP contribution < -0.4 is 5.32 Å². The monoisotopic (exact) mass is 245 g/mol. The molecular formula is C15H16ClN. The van der Waals surface area contributed by atoms with E-state index >= 15 is 0 Å². The molecule has 1 nitrogen and oxygen atoms in total. The highest BCUT2D eigenvalue weighted by atomic mass is 35.5. The number of hydrogen-bond donors (Lipinski definition) is 1. The molecule has 1 atom stereocenters. The zero-order valence-corrected chi connectivity index (χ0v) is 10.6. The number of hydrogen-bond acceptors (Lipinski definition) is 1. The fourth-order valence-corrected chi connectivity index (χ4v) is 1.96. The van der Waals surface area contributed by atoms with E-state index in [0.29, 0.717) is 5.92 Å². The molecule has 88 valence electrons. The van der Waals surface area contributed by atoms with Crippen LogP contribution >= 0.6 is 11.6 Å². The molecule has 0 spiro atoms. The minimum absolute atomic E-state index is 0.482. The highest BCUT2D eigenvalue weighted by Crippen LogP contribution is 2.18. The Morgan fingerprint density at radius 2 is 1.82 bits per heavy atom. The summed E-state index contributed by atoms with van der Waals surface area (Å²) in [5.41, 5.74) is 2.42. The molecule has 0 aliphatic heterocycles. The third-order valence-electron chi connectivity index (χ3n) is 2.81. The first kappa shape index (κ1) is 12.0. The third-order valence-corrected chi connectivity index (χ3v) is 3.04. The van der Waals surface area contributed by atoms with E-state index < -0.39 is 0 Å². The first-order valence-corrected chi connectivity index (χ1v) is 6.18. The van der Waals surface area contributed by atoms with E-state index in [4.69, 9.17) is 11.6 Å². The molecule has 0 radical (unpaired) electrons. The molecule has 17 heavy (non-hydrogen) atoms. The van der Waals surface area contributed by atoms with Gasteiger partial charge in [0.1, 0.15) is 0 Å². The minimum atomic E-state index is 0.482. The molecule has 0 amide bonds. The second kappa shape index (κ2) is 5.74. The van der Waals surface area contributed by atoms with Gasteiger partial charge in [-0.2, -0.15) is 0 Å². The lowest BCUT2D eigenvalue weighted by Crippen LogP contribution is -2.09. The van der Waals surface area contributed by atoms with Gasteiger partial charge in [-0.25, -0.2) is 0 Å². The van der Waals surface area contributed by atoms with Crippen molar-refractivity contribution in [1.29, 1.82) is 0 Å². The van der Waals surface area contributed by atoms with Crippen molar-refractivity contribution in [2.75, 3.05) is 11.9 Å². The van der Waals surface area contributed by atoms with E-state index in [0.717, 1.165) is 17.3 Å². The van der Waals surface area contributed by atoms with Gasteiger partial charge in [0.2, 0.25) is 0 Å². The molecule has 0 aromatic heterocycles. The van der Waals surface area contributed by atoms with Gasteiger partial charge in [0.25, 0.3) is 0 Å². The Kier molecular flexibility index (Phi) is 4.05. The van der Waals surface area contributed by atoms with Gasteiger partial charge in [0.05, 0.1) is 0 Å². The van der Waals surface area contributed by atoms with Gasteiger partial charge in [-0.05, 0) is 29.7 Å². The summed E-state index contributed by atoms with van der Waals surface area (Å²) in [4.78, 5) is 0. The summed E-state index contributed by atoms with van der Waals surface area (Å²) >= 11 is 5.94. The molecule has 0 aliphatic carbocycles. The minimum Gasteiger partial charge on any atom is -0.384 e. The topological polar surface area (TPSA) is 12.0 Å². The maximum absolute atomic E-state index is 5.94. The molecule has 2 heteroatoms. The predicted molar refractivity (Wildman–Crippen MR) is 74.8 cm³/mol. The van der Waals surface area contributed by atoms with Crippen LogP contribution in [0.15, 0.2) is 54.6 Å². The summed E-state index contributed by atoms with van der Waals surface area (Å²) in [7, 11) is 0. The second-order valence-corrected chi connectivity index (χ2v) is 4.64. The van der Waals surface area contributed by atoms with E-state index in [1.807, 2.05) is 30.3 Å². The molecule has 0 bridgehead atoms. The van der Waals surface area contributed by atoms with Crippen LogP contribution in [-0.2, 0) is 0 Å². The Hall–Kier alpha value is -1.47. The Morgan fingerprint density at radius 3 is 2.53 bits per heavy atom. The molecule has 2 aromatic carbocycles. The fraction of sp³-hybridized carbons (Fsp3) is 0.200. The second-order valence-electron chi connectivity index (χ2n) is 4.20. The van der Waals surface area contributed by atoms with Crippen LogP contribution in [0.2, 0.25) is 5.02 Å². The maximum Gasteiger partial charge on any atom is 0.0426 e. The van der Waals surface area contributed by atoms with Crippen molar-refractivity contribution in [2.45, 2.75) is 12.8 Å². The van der Waals surface area contributed by atoms with Gasteiger partial charge in [0.15, 0.2) is 0 Å². The molecular weight excluding hydrogens is 230 g/mol. The van der Waals surface area contributed by atoms with Crippen molar-refractivity contribution in [3.63, 3.8) is 0 Å². The lowest BCUT2D eigenvalue weighted by Gasteiger charge is -2.14. The van der Waals surface area contributed by atoms with Crippen LogP contribution in [-0.4, -0.2) is 6.54 Å². The van der Waals surface area contributed by atoms with Crippen LogP contribution in [0.4, 0.5) is 5.69 Å². The Bertz CT molecular complexity index is 467. The summed E-state index contributed by atoms with van der Waals surface area (Å²) in [5.74, 6) is 0.482. The van der Waals surface area contributed by atoms with Gasteiger partial charge in [-0.1, -0.05) is 54.9 Å². The van der Waals surface area contributed by atoms with Gasteiger partial charge in [0, 0.05) is 17.3 Å². The number of halogens is 1. The van der Waals surface area contributed by atoms with Gasteiger partial charge >= 0.3 is 0 Å². The summed E-state index contributed by atoms with van der Waals surface area (Å²) in [6, 6.07) is 18.3. The molecule has 1 N–H and O–H groups in total. The maximum atomic E-state index is 5.94.